The zero-order valence-corrected chi connectivity index (χ0v) is 8.55. The summed E-state index contributed by atoms with van der Waals surface area (Å²) in [5.41, 5.74) is 3.40. The summed E-state index contributed by atoms with van der Waals surface area (Å²) in [5, 5.41) is 8.84. The predicted molar refractivity (Wildman–Crippen MR) is 53.4 cm³/mol. The first-order chi connectivity index (χ1) is 6.53. The first kappa shape index (κ1) is 9.31. The Morgan fingerprint density at radius 2 is 2.21 bits per heavy atom. The van der Waals surface area contributed by atoms with Crippen molar-refractivity contribution < 1.29 is 9.90 Å². The third-order valence-corrected chi connectivity index (χ3v) is 3.06. The number of aliphatic carboxylic acids is 1. The highest BCUT2D eigenvalue weighted by Crippen LogP contribution is 2.52. The highest BCUT2D eigenvalue weighted by molar-refractivity contribution is 5.70. The van der Waals surface area contributed by atoms with E-state index >= 15 is 0 Å². The Labute approximate surface area is 83.1 Å². The monoisotopic (exact) mass is 193 g/mol. The first-order valence-electron chi connectivity index (χ1n) is 4.92. The smallest absolute Gasteiger partial charge is 0.304 e. The van der Waals surface area contributed by atoms with E-state index in [-0.39, 0.29) is 11.8 Å². The number of rotatable bonds is 3. The third kappa shape index (κ3) is 1.43. The van der Waals surface area contributed by atoms with Crippen molar-refractivity contribution in [1.82, 2.24) is 4.98 Å². The molecular weight excluding hydrogens is 178 g/mol. The topological polar surface area (TPSA) is 53.1 Å². The van der Waals surface area contributed by atoms with Crippen LogP contribution in [-0.4, -0.2) is 16.1 Å². The van der Waals surface area contributed by atoms with Crippen molar-refractivity contribution in [2.75, 3.05) is 0 Å². The summed E-state index contributed by atoms with van der Waals surface area (Å²) in [6.07, 6.45) is 2.29. The molecule has 2 N–H and O–H groups in total. The van der Waals surface area contributed by atoms with Crippen molar-refractivity contribution in [2.24, 2.45) is 0 Å². The molecule has 0 aromatic carbocycles. The van der Waals surface area contributed by atoms with E-state index in [0.717, 1.165) is 24.2 Å². The molecule has 3 nitrogen and oxygen atoms in total. The summed E-state index contributed by atoms with van der Waals surface area (Å²) in [5.74, 6) is -0.694. The maximum absolute atomic E-state index is 10.7. The molecular formula is C11H15NO2. The van der Waals surface area contributed by atoms with Crippen LogP contribution in [0.2, 0.25) is 0 Å². The number of hydrogen-bond donors (Lipinski definition) is 2. The van der Waals surface area contributed by atoms with Crippen LogP contribution in [0.3, 0.4) is 0 Å². The predicted octanol–water partition coefficient (Wildman–Crippen LogP) is 2.14. The van der Waals surface area contributed by atoms with Crippen molar-refractivity contribution >= 4 is 5.97 Å². The van der Waals surface area contributed by atoms with Gasteiger partial charge in [-0.15, -0.1) is 0 Å². The molecule has 1 aliphatic carbocycles. The fourth-order valence-electron chi connectivity index (χ4n) is 2.26. The molecule has 0 spiro atoms. The van der Waals surface area contributed by atoms with Crippen LogP contribution in [0.25, 0.3) is 0 Å². The summed E-state index contributed by atoms with van der Waals surface area (Å²) in [6.45, 7) is 4.03. The molecule has 1 fully saturated rings. The van der Waals surface area contributed by atoms with Crippen molar-refractivity contribution in [3.8, 4) is 0 Å². The molecule has 0 aliphatic heterocycles. The van der Waals surface area contributed by atoms with Gasteiger partial charge in [0.15, 0.2) is 0 Å². The maximum Gasteiger partial charge on any atom is 0.304 e. The van der Waals surface area contributed by atoms with E-state index < -0.39 is 5.97 Å². The molecule has 2 rings (SSSR count). The number of carboxylic acids is 1. The second kappa shape index (κ2) is 2.87. The lowest BCUT2D eigenvalue weighted by Crippen LogP contribution is -2.13. The van der Waals surface area contributed by atoms with E-state index in [0.29, 0.717) is 0 Å². The van der Waals surface area contributed by atoms with Gasteiger partial charge in [0.05, 0.1) is 6.42 Å². The first-order valence-corrected chi connectivity index (χ1v) is 4.92. The lowest BCUT2D eigenvalue weighted by Gasteiger charge is -2.11. The van der Waals surface area contributed by atoms with Crippen LogP contribution in [0.1, 0.15) is 36.2 Å². The van der Waals surface area contributed by atoms with Crippen molar-refractivity contribution in [3.63, 3.8) is 0 Å². The van der Waals surface area contributed by atoms with Gasteiger partial charge in [0.1, 0.15) is 0 Å². The molecule has 76 valence electrons. The number of aromatic nitrogens is 1. The van der Waals surface area contributed by atoms with Gasteiger partial charge in [-0.1, -0.05) is 0 Å². The highest BCUT2D eigenvalue weighted by atomic mass is 16.4. The lowest BCUT2D eigenvalue weighted by molar-refractivity contribution is -0.137. The Balaban J connectivity index is 2.30. The van der Waals surface area contributed by atoms with Gasteiger partial charge in [-0.05, 0) is 38.3 Å². The van der Waals surface area contributed by atoms with Crippen molar-refractivity contribution in [3.05, 3.63) is 23.0 Å². The van der Waals surface area contributed by atoms with Gasteiger partial charge in [0.2, 0.25) is 0 Å². The molecule has 0 unspecified atom stereocenters. The quantitative estimate of drug-likeness (QED) is 0.772. The lowest BCUT2D eigenvalue weighted by atomic mass is 9.92. The molecule has 1 saturated carbocycles. The van der Waals surface area contributed by atoms with Crippen LogP contribution < -0.4 is 0 Å². The summed E-state index contributed by atoms with van der Waals surface area (Å²) in [4.78, 5) is 14.0. The molecule has 0 radical (unpaired) electrons. The van der Waals surface area contributed by atoms with Gasteiger partial charge in [0.25, 0.3) is 0 Å². The Bertz CT molecular complexity index is 375. The van der Waals surface area contributed by atoms with E-state index in [1.165, 1.54) is 5.56 Å². The van der Waals surface area contributed by atoms with Gasteiger partial charge in [-0.2, -0.15) is 0 Å². The second-order valence-electron chi connectivity index (χ2n) is 4.34. The molecule has 1 heterocycles. The van der Waals surface area contributed by atoms with Gasteiger partial charge in [-0.25, -0.2) is 0 Å². The summed E-state index contributed by atoms with van der Waals surface area (Å²) < 4.78 is 0. The SMILES string of the molecule is Cc1cc(C2(CC(=O)O)CC2)c(C)[nH]1. The van der Waals surface area contributed by atoms with Crippen LogP contribution in [-0.2, 0) is 10.2 Å². The van der Waals surface area contributed by atoms with Crippen LogP contribution in [0.15, 0.2) is 6.07 Å². The number of hydrogen-bond acceptors (Lipinski definition) is 1. The maximum atomic E-state index is 10.7. The molecule has 0 bridgehead atoms. The summed E-state index contributed by atoms with van der Waals surface area (Å²) >= 11 is 0. The number of carbonyl (C=O) groups is 1. The molecule has 0 amide bonds. The Morgan fingerprint density at radius 3 is 2.57 bits per heavy atom. The number of H-pyrrole nitrogens is 1. The Kier molecular flexibility index (Phi) is 1.91. The van der Waals surface area contributed by atoms with E-state index in [4.69, 9.17) is 5.11 Å². The Hall–Kier alpha value is -1.25. The van der Waals surface area contributed by atoms with Gasteiger partial charge in [0, 0.05) is 16.8 Å². The summed E-state index contributed by atoms with van der Waals surface area (Å²) in [6, 6.07) is 2.09. The normalized spacial score (nSPS) is 18.1. The average Bonchev–Trinajstić information content (AvgIpc) is 2.72. The zero-order chi connectivity index (χ0) is 10.3. The van der Waals surface area contributed by atoms with Crippen molar-refractivity contribution in [1.29, 1.82) is 0 Å². The fourth-order valence-corrected chi connectivity index (χ4v) is 2.26. The summed E-state index contributed by atoms with van der Waals surface area (Å²) in [7, 11) is 0. The fraction of sp³-hybridized carbons (Fsp3) is 0.545. The molecule has 3 heteroatoms. The standard InChI is InChI=1S/C11H15NO2/c1-7-5-9(8(2)12-7)11(3-4-11)6-10(13)14/h5,12H,3-4,6H2,1-2H3,(H,13,14). The molecule has 1 aromatic rings. The third-order valence-electron chi connectivity index (χ3n) is 3.06. The van der Waals surface area contributed by atoms with Gasteiger partial charge < -0.3 is 10.1 Å². The van der Waals surface area contributed by atoms with E-state index in [9.17, 15) is 4.79 Å². The van der Waals surface area contributed by atoms with E-state index in [1.807, 2.05) is 13.8 Å². The Morgan fingerprint density at radius 1 is 1.57 bits per heavy atom. The number of nitrogens with one attached hydrogen (secondary N) is 1. The number of aryl methyl sites for hydroxylation is 2. The molecule has 1 aromatic heterocycles. The highest BCUT2D eigenvalue weighted by Gasteiger charge is 2.47. The van der Waals surface area contributed by atoms with Crippen LogP contribution in [0, 0.1) is 13.8 Å². The van der Waals surface area contributed by atoms with E-state index in [2.05, 4.69) is 11.1 Å². The molecule has 0 saturated heterocycles. The largest absolute Gasteiger partial charge is 0.481 e. The van der Waals surface area contributed by atoms with Gasteiger partial charge in [-0.3, -0.25) is 4.79 Å². The number of carboxylic acid groups (broad SMARTS) is 1. The van der Waals surface area contributed by atoms with E-state index in [1.54, 1.807) is 0 Å². The minimum atomic E-state index is -0.694. The minimum absolute atomic E-state index is 0.0549. The molecule has 0 atom stereocenters. The van der Waals surface area contributed by atoms with Crippen LogP contribution in [0.4, 0.5) is 0 Å². The van der Waals surface area contributed by atoms with Crippen LogP contribution in [0.5, 0.6) is 0 Å². The molecule has 14 heavy (non-hydrogen) atoms. The second-order valence-corrected chi connectivity index (χ2v) is 4.34. The van der Waals surface area contributed by atoms with Gasteiger partial charge >= 0.3 is 5.97 Å². The average molecular weight is 193 g/mol. The zero-order valence-electron chi connectivity index (χ0n) is 8.55. The minimum Gasteiger partial charge on any atom is -0.481 e. The number of aromatic amines is 1. The van der Waals surface area contributed by atoms with Crippen molar-refractivity contribution in [2.45, 2.75) is 38.5 Å². The van der Waals surface area contributed by atoms with Crippen LogP contribution >= 0.6 is 0 Å². The molecule has 1 aliphatic rings.